The summed E-state index contributed by atoms with van der Waals surface area (Å²) in [5.41, 5.74) is 7.48. The Hall–Kier alpha value is -1.86. The van der Waals surface area contributed by atoms with Crippen molar-refractivity contribution >= 4 is 5.91 Å². The number of nitrogens with zero attached hydrogens (tertiary/aromatic N) is 2. The van der Waals surface area contributed by atoms with E-state index in [4.69, 9.17) is 11.0 Å². The molecule has 0 spiro atoms. The number of nitriles is 1. The van der Waals surface area contributed by atoms with Gasteiger partial charge in [0.1, 0.15) is 0 Å². The van der Waals surface area contributed by atoms with Gasteiger partial charge in [0.25, 0.3) is 0 Å². The molecule has 4 nitrogen and oxygen atoms in total. The smallest absolute Gasteiger partial charge is 0.239 e. The lowest BCUT2D eigenvalue weighted by Crippen LogP contribution is -2.45. The molecule has 102 valence electrons. The highest BCUT2D eigenvalue weighted by Gasteiger charge is 2.22. The molecule has 0 saturated heterocycles. The van der Waals surface area contributed by atoms with Gasteiger partial charge in [0.15, 0.2) is 0 Å². The Morgan fingerprint density at radius 1 is 1.53 bits per heavy atom. The second kappa shape index (κ2) is 6.91. The van der Waals surface area contributed by atoms with Crippen LogP contribution in [-0.2, 0) is 11.3 Å². The maximum atomic E-state index is 12.1. The molecule has 1 aromatic rings. The summed E-state index contributed by atoms with van der Waals surface area (Å²) in [6.45, 7) is 4.47. The van der Waals surface area contributed by atoms with Crippen LogP contribution in [0.3, 0.4) is 0 Å². The summed E-state index contributed by atoms with van der Waals surface area (Å²) >= 11 is 0. The van der Waals surface area contributed by atoms with Crippen molar-refractivity contribution in [3.8, 4) is 6.07 Å². The van der Waals surface area contributed by atoms with Crippen molar-refractivity contribution in [1.29, 1.82) is 5.26 Å². The fourth-order valence-electron chi connectivity index (χ4n) is 1.84. The molecule has 0 radical (unpaired) electrons. The van der Waals surface area contributed by atoms with Crippen LogP contribution in [0.5, 0.6) is 0 Å². The minimum Gasteiger partial charge on any atom is -0.340 e. The van der Waals surface area contributed by atoms with Crippen molar-refractivity contribution in [2.45, 2.75) is 32.9 Å². The Labute approximate surface area is 114 Å². The number of carbonyl (C=O) groups excluding carboxylic acids is 1. The van der Waals surface area contributed by atoms with Crippen LogP contribution >= 0.6 is 0 Å². The van der Waals surface area contributed by atoms with E-state index in [1.165, 1.54) is 0 Å². The lowest BCUT2D eigenvalue weighted by atomic mass is 9.99. The Morgan fingerprint density at radius 3 is 2.79 bits per heavy atom. The van der Waals surface area contributed by atoms with Gasteiger partial charge in [-0.15, -0.1) is 0 Å². The van der Waals surface area contributed by atoms with E-state index < -0.39 is 6.04 Å². The molecule has 1 aromatic carbocycles. The Kier molecular flexibility index (Phi) is 5.53. The van der Waals surface area contributed by atoms with Gasteiger partial charge in [0.2, 0.25) is 5.91 Å². The Morgan fingerprint density at radius 2 is 2.21 bits per heavy atom. The lowest BCUT2D eigenvalue weighted by molar-refractivity contribution is -0.132. The number of rotatable bonds is 5. The summed E-state index contributed by atoms with van der Waals surface area (Å²) in [6, 6.07) is 8.89. The first-order chi connectivity index (χ1) is 8.99. The van der Waals surface area contributed by atoms with Crippen molar-refractivity contribution in [2.75, 3.05) is 7.05 Å². The molecule has 0 aromatic heterocycles. The Bertz CT molecular complexity index is 479. The monoisotopic (exact) mass is 259 g/mol. The van der Waals surface area contributed by atoms with Gasteiger partial charge in [-0.3, -0.25) is 4.79 Å². The highest BCUT2D eigenvalue weighted by atomic mass is 16.2. The maximum absolute atomic E-state index is 12.1. The van der Waals surface area contributed by atoms with E-state index in [0.717, 1.165) is 12.0 Å². The van der Waals surface area contributed by atoms with Crippen molar-refractivity contribution < 1.29 is 4.79 Å². The van der Waals surface area contributed by atoms with Crippen LogP contribution in [0.2, 0.25) is 0 Å². The average Bonchev–Trinajstić information content (AvgIpc) is 2.44. The number of hydrogen-bond donors (Lipinski definition) is 1. The first-order valence-corrected chi connectivity index (χ1v) is 6.49. The molecule has 0 aliphatic heterocycles. The Balaban J connectivity index is 2.71. The molecule has 19 heavy (non-hydrogen) atoms. The number of nitrogens with two attached hydrogens (primary N) is 1. The minimum absolute atomic E-state index is 0.0586. The molecule has 4 heteroatoms. The highest BCUT2D eigenvalue weighted by molar-refractivity contribution is 5.81. The zero-order valence-electron chi connectivity index (χ0n) is 11.8. The van der Waals surface area contributed by atoms with Crippen LogP contribution in [0.25, 0.3) is 0 Å². The molecule has 0 aliphatic carbocycles. The van der Waals surface area contributed by atoms with E-state index in [-0.39, 0.29) is 11.8 Å². The van der Waals surface area contributed by atoms with E-state index in [0.29, 0.717) is 12.1 Å². The second-order valence-electron chi connectivity index (χ2n) is 4.92. The number of hydrogen-bond acceptors (Lipinski definition) is 3. The standard InChI is InChI=1S/C15H21N3O/c1-4-11(2)14(17)15(19)18(3)10-13-7-5-6-12(8-13)9-16/h5-8,11,14H,4,10,17H2,1-3H3/t11?,14-/m0/s1. The number of benzene rings is 1. The highest BCUT2D eigenvalue weighted by Crippen LogP contribution is 2.11. The fourth-order valence-corrected chi connectivity index (χ4v) is 1.84. The molecular weight excluding hydrogens is 238 g/mol. The van der Waals surface area contributed by atoms with Gasteiger partial charge in [-0.2, -0.15) is 5.26 Å². The van der Waals surface area contributed by atoms with Gasteiger partial charge in [-0.1, -0.05) is 32.4 Å². The molecule has 2 atom stereocenters. The first kappa shape index (κ1) is 15.2. The molecule has 2 N–H and O–H groups in total. The zero-order chi connectivity index (χ0) is 14.4. The van der Waals surface area contributed by atoms with Gasteiger partial charge in [-0.25, -0.2) is 0 Å². The van der Waals surface area contributed by atoms with Crippen molar-refractivity contribution in [3.05, 3.63) is 35.4 Å². The van der Waals surface area contributed by atoms with Crippen LogP contribution in [0.1, 0.15) is 31.4 Å². The third kappa shape index (κ3) is 4.08. The van der Waals surface area contributed by atoms with Crippen LogP contribution in [-0.4, -0.2) is 23.9 Å². The lowest BCUT2D eigenvalue weighted by Gasteiger charge is -2.24. The van der Waals surface area contributed by atoms with Gasteiger partial charge < -0.3 is 10.6 Å². The van der Waals surface area contributed by atoms with E-state index in [2.05, 4.69) is 6.07 Å². The second-order valence-corrected chi connectivity index (χ2v) is 4.92. The van der Waals surface area contributed by atoms with E-state index in [1.54, 1.807) is 24.1 Å². The quantitative estimate of drug-likeness (QED) is 0.877. The molecule has 0 saturated carbocycles. The van der Waals surface area contributed by atoms with Crippen LogP contribution in [0.4, 0.5) is 0 Å². The summed E-state index contributed by atoms with van der Waals surface area (Å²) in [5.74, 6) is 0.108. The molecule has 1 amide bonds. The SMILES string of the molecule is CCC(C)[C@H](N)C(=O)N(C)Cc1cccc(C#N)c1. The number of likely N-dealkylation sites (N-methyl/N-ethyl adjacent to an activating group) is 1. The predicted octanol–water partition coefficient (Wildman–Crippen LogP) is 1.89. The maximum Gasteiger partial charge on any atom is 0.239 e. The van der Waals surface area contributed by atoms with Gasteiger partial charge in [0, 0.05) is 13.6 Å². The third-order valence-electron chi connectivity index (χ3n) is 3.39. The van der Waals surface area contributed by atoms with E-state index in [9.17, 15) is 4.79 Å². The topological polar surface area (TPSA) is 70.1 Å². The van der Waals surface area contributed by atoms with E-state index in [1.807, 2.05) is 26.0 Å². The largest absolute Gasteiger partial charge is 0.340 e. The molecular formula is C15H21N3O. The number of amides is 1. The summed E-state index contributed by atoms with van der Waals surface area (Å²) in [5, 5.41) is 8.85. The fraction of sp³-hybridized carbons (Fsp3) is 0.467. The normalized spacial score (nSPS) is 13.4. The van der Waals surface area contributed by atoms with Gasteiger partial charge in [-0.05, 0) is 23.6 Å². The van der Waals surface area contributed by atoms with Crippen molar-refractivity contribution in [2.24, 2.45) is 11.7 Å². The van der Waals surface area contributed by atoms with Gasteiger partial charge in [0.05, 0.1) is 17.7 Å². The molecule has 0 bridgehead atoms. The average molecular weight is 259 g/mol. The molecule has 0 heterocycles. The summed E-state index contributed by atoms with van der Waals surface area (Å²) < 4.78 is 0. The molecule has 0 aliphatic rings. The predicted molar refractivity (Wildman–Crippen MR) is 75.1 cm³/mol. The van der Waals surface area contributed by atoms with Crippen molar-refractivity contribution in [3.63, 3.8) is 0 Å². The summed E-state index contributed by atoms with van der Waals surface area (Å²) in [6.07, 6.45) is 0.880. The minimum atomic E-state index is -0.464. The molecule has 1 unspecified atom stereocenters. The molecule has 0 fully saturated rings. The third-order valence-corrected chi connectivity index (χ3v) is 3.39. The summed E-state index contributed by atoms with van der Waals surface area (Å²) in [4.78, 5) is 13.8. The molecule has 1 rings (SSSR count). The summed E-state index contributed by atoms with van der Waals surface area (Å²) in [7, 11) is 1.74. The van der Waals surface area contributed by atoms with E-state index >= 15 is 0 Å². The van der Waals surface area contributed by atoms with Gasteiger partial charge >= 0.3 is 0 Å². The van der Waals surface area contributed by atoms with Crippen LogP contribution in [0, 0.1) is 17.2 Å². The first-order valence-electron chi connectivity index (χ1n) is 6.49. The number of carbonyl (C=O) groups is 1. The zero-order valence-corrected chi connectivity index (χ0v) is 11.8. The van der Waals surface area contributed by atoms with Crippen LogP contribution in [0.15, 0.2) is 24.3 Å². The van der Waals surface area contributed by atoms with Crippen molar-refractivity contribution in [1.82, 2.24) is 4.90 Å². The van der Waals surface area contributed by atoms with Crippen LogP contribution < -0.4 is 5.73 Å².